The van der Waals surface area contributed by atoms with Gasteiger partial charge < -0.3 is 19.4 Å². The smallest absolute Gasteiger partial charge is 0.456 e. The molecule has 0 saturated carbocycles. The number of hydrogen-bond acceptors (Lipinski definition) is 6. The first-order valence-corrected chi connectivity index (χ1v) is 29.8. The number of carbonyl (C=O) groups excluding carboxylic acids is 2. The standard InChI is InChI=1S/C59H107N2O7P/c1-7-10-13-16-19-22-25-26-27-28-29-30-31-32-33-34-37-39-42-45-48-51-58(62)60-56(55-67-69(64,65)66-54-53-61(4,5)6)57(50-47-44-41-38-35-23-20-17-14-11-8-2)68-59(63)52-49-46-43-40-36-24-21-18-15-12-9-3/h10,13,19,22,26-27,29-30,32-33,47,50,56-57H,7-9,11-12,14-18,20-21,23-25,28,31,34-46,48-49,51-55H2,1-6H3,(H-,60,62,64,65)/p+1/b13-10-,22-19-,27-26-,30-29-,33-32-,50-47-. The molecule has 0 aromatic heterocycles. The van der Waals surface area contributed by atoms with Crippen molar-refractivity contribution in [2.75, 3.05) is 40.9 Å². The molecule has 3 unspecified atom stereocenters. The summed E-state index contributed by atoms with van der Waals surface area (Å²) in [5.41, 5.74) is 0. The Morgan fingerprint density at radius 3 is 1.39 bits per heavy atom. The summed E-state index contributed by atoms with van der Waals surface area (Å²) in [6, 6.07) is -0.857. The van der Waals surface area contributed by atoms with Gasteiger partial charge in [0.05, 0.1) is 33.8 Å². The highest BCUT2D eigenvalue weighted by Gasteiger charge is 2.30. The van der Waals surface area contributed by atoms with Crippen LogP contribution in [-0.4, -0.2) is 74.3 Å². The van der Waals surface area contributed by atoms with Gasteiger partial charge in [-0.05, 0) is 76.7 Å². The molecule has 9 nitrogen and oxygen atoms in total. The van der Waals surface area contributed by atoms with Gasteiger partial charge in [0.1, 0.15) is 19.3 Å². The average Bonchev–Trinajstić information content (AvgIpc) is 3.31. The lowest BCUT2D eigenvalue weighted by molar-refractivity contribution is -0.870. The number of phosphoric ester groups is 1. The van der Waals surface area contributed by atoms with Crippen molar-refractivity contribution in [3.63, 3.8) is 0 Å². The van der Waals surface area contributed by atoms with Gasteiger partial charge in [0.25, 0.3) is 0 Å². The number of esters is 1. The molecule has 69 heavy (non-hydrogen) atoms. The van der Waals surface area contributed by atoms with Crippen molar-refractivity contribution in [2.45, 2.75) is 251 Å². The Morgan fingerprint density at radius 1 is 0.522 bits per heavy atom. The van der Waals surface area contributed by atoms with Gasteiger partial charge in [-0.3, -0.25) is 18.6 Å². The van der Waals surface area contributed by atoms with Crippen LogP contribution in [-0.2, 0) is 27.9 Å². The number of unbranched alkanes of at least 4 members (excludes halogenated alkanes) is 24. The predicted molar refractivity (Wildman–Crippen MR) is 295 cm³/mol. The molecule has 0 heterocycles. The van der Waals surface area contributed by atoms with Crippen molar-refractivity contribution < 1.29 is 37.3 Å². The molecule has 0 rings (SSSR count). The van der Waals surface area contributed by atoms with E-state index >= 15 is 0 Å². The van der Waals surface area contributed by atoms with Gasteiger partial charge in [-0.25, -0.2) is 4.57 Å². The van der Waals surface area contributed by atoms with Gasteiger partial charge in [-0.15, -0.1) is 0 Å². The molecule has 0 aliphatic carbocycles. The molecule has 0 aliphatic heterocycles. The zero-order chi connectivity index (χ0) is 50.8. The van der Waals surface area contributed by atoms with Crippen LogP contribution < -0.4 is 5.32 Å². The second-order valence-corrected chi connectivity index (χ2v) is 21.5. The minimum Gasteiger partial charge on any atom is -0.456 e. The van der Waals surface area contributed by atoms with Crippen molar-refractivity contribution in [3.05, 3.63) is 72.9 Å². The molecule has 400 valence electrons. The third-order valence-corrected chi connectivity index (χ3v) is 13.1. The number of carbonyl (C=O) groups is 2. The van der Waals surface area contributed by atoms with E-state index in [0.29, 0.717) is 17.4 Å². The van der Waals surface area contributed by atoms with Crippen LogP contribution >= 0.6 is 7.82 Å². The van der Waals surface area contributed by atoms with Crippen LogP contribution in [0.15, 0.2) is 72.9 Å². The number of nitrogens with zero attached hydrogens (tertiary/aromatic N) is 1. The van der Waals surface area contributed by atoms with E-state index in [4.69, 9.17) is 13.8 Å². The van der Waals surface area contributed by atoms with Crippen LogP contribution in [0.4, 0.5) is 0 Å². The lowest BCUT2D eigenvalue weighted by Gasteiger charge is -2.27. The first-order chi connectivity index (χ1) is 33.4. The van der Waals surface area contributed by atoms with E-state index in [1.54, 1.807) is 0 Å². The quantitative estimate of drug-likeness (QED) is 0.0205. The number of phosphoric acid groups is 1. The topological polar surface area (TPSA) is 111 Å². The fourth-order valence-electron chi connectivity index (χ4n) is 7.79. The Labute approximate surface area is 425 Å². The summed E-state index contributed by atoms with van der Waals surface area (Å²) in [5, 5.41) is 3.03. The number of nitrogens with one attached hydrogen (secondary N) is 1. The van der Waals surface area contributed by atoms with E-state index in [0.717, 1.165) is 109 Å². The molecule has 0 saturated heterocycles. The molecule has 0 aromatic rings. The summed E-state index contributed by atoms with van der Waals surface area (Å²) >= 11 is 0. The van der Waals surface area contributed by atoms with E-state index in [9.17, 15) is 19.0 Å². The normalized spacial score (nSPS) is 14.4. The Hall–Kier alpha value is -2.55. The van der Waals surface area contributed by atoms with Gasteiger partial charge in [0.15, 0.2) is 0 Å². The maximum Gasteiger partial charge on any atom is 0.472 e. The Bertz CT molecular complexity index is 1420. The lowest BCUT2D eigenvalue weighted by atomic mass is 10.0. The van der Waals surface area contributed by atoms with Crippen molar-refractivity contribution in [2.24, 2.45) is 0 Å². The number of amides is 1. The van der Waals surface area contributed by atoms with Crippen molar-refractivity contribution in [1.82, 2.24) is 5.32 Å². The zero-order valence-corrected chi connectivity index (χ0v) is 46.4. The molecule has 0 fully saturated rings. The molecule has 1 amide bonds. The molecule has 10 heteroatoms. The van der Waals surface area contributed by atoms with Crippen molar-refractivity contribution >= 4 is 19.7 Å². The molecule has 0 aliphatic rings. The Kier molecular flexibility index (Phi) is 47.2. The fourth-order valence-corrected chi connectivity index (χ4v) is 8.52. The van der Waals surface area contributed by atoms with E-state index in [2.05, 4.69) is 86.8 Å². The molecule has 0 radical (unpaired) electrons. The molecule has 0 spiro atoms. The minimum atomic E-state index is -4.45. The van der Waals surface area contributed by atoms with Gasteiger partial charge in [0.2, 0.25) is 5.91 Å². The molecule has 0 aromatic carbocycles. The summed E-state index contributed by atoms with van der Waals surface area (Å²) < 4.78 is 30.5. The number of hydrogen-bond donors (Lipinski definition) is 2. The van der Waals surface area contributed by atoms with E-state index in [1.165, 1.54) is 96.3 Å². The van der Waals surface area contributed by atoms with Gasteiger partial charge >= 0.3 is 13.8 Å². The van der Waals surface area contributed by atoms with Gasteiger partial charge in [-0.1, -0.05) is 222 Å². The van der Waals surface area contributed by atoms with Crippen molar-refractivity contribution in [1.29, 1.82) is 0 Å². The van der Waals surface area contributed by atoms with E-state index in [1.807, 2.05) is 33.3 Å². The maximum absolute atomic E-state index is 13.5. The predicted octanol–water partition coefficient (Wildman–Crippen LogP) is 16.9. The highest BCUT2D eigenvalue weighted by molar-refractivity contribution is 7.47. The molecule has 0 bridgehead atoms. The molecular weight excluding hydrogens is 880 g/mol. The lowest BCUT2D eigenvalue weighted by Crippen LogP contribution is -2.47. The first kappa shape index (κ1) is 66.5. The second kappa shape index (κ2) is 49.0. The fraction of sp³-hybridized carbons (Fsp3) is 0.763. The summed E-state index contributed by atoms with van der Waals surface area (Å²) in [6.07, 6.45) is 61.8. The summed E-state index contributed by atoms with van der Waals surface area (Å²) in [6.45, 7) is 6.86. The maximum atomic E-state index is 13.5. The van der Waals surface area contributed by atoms with Crippen LogP contribution in [0.5, 0.6) is 0 Å². The Balaban J connectivity index is 5.29. The molecule has 3 atom stereocenters. The third kappa shape index (κ3) is 50.2. The highest BCUT2D eigenvalue weighted by Crippen LogP contribution is 2.43. The minimum absolute atomic E-state index is 0.0344. The monoisotopic (exact) mass is 988 g/mol. The number of quaternary nitrogens is 1. The van der Waals surface area contributed by atoms with E-state index < -0.39 is 20.0 Å². The van der Waals surface area contributed by atoms with Gasteiger partial charge in [-0.2, -0.15) is 0 Å². The largest absolute Gasteiger partial charge is 0.472 e. The van der Waals surface area contributed by atoms with Crippen LogP contribution in [0.1, 0.15) is 239 Å². The summed E-state index contributed by atoms with van der Waals surface area (Å²) in [7, 11) is 1.48. The zero-order valence-electron chi connectivity index (χ0n) is 45.5. The van der Waals surface area contributed by atoms with Gasteiger partial charge in [0, 0.05) is 12.8 Å². The molecular formula is C59H108N2O7P+. The molecule has 2 N–H and O–H groups in total. The summed E-state index contributed by atoms with van der Waals surface area (Å²) in [5.74, 6) is -0.529. The first-order valence-electron chi connectivity index (χ1n) is 28.3. The Morgan fingerprint density at radius 2 is 0.928 bits per heavy atom. The number of ether oxygens (including phenoxy) is 1. The third-order valence-electron chi connectivity index (χ3n) is 12.2. The number of likely N-dealkylation sites (N-methyl/N-ethyl adjacent to an activating group) is 1. The summed E-state index contributed by atoms with van der Waals surface area (Å²) in [4.78, 5) is 37.5. The van der Waals surface area contributed by atoms with Crippen LogP contribution in [0.2, 0.25) is 0 Å². The highest BCUT2D eigenvalue weighted by atomic mass is 31.2. The van der Waals surface area contributed by atoms with E-state index in [-0.39, 0.29) is 31.5 Å². The average molecular weight is 988 g/mol. The van der Waals surface area contributed by atoms with Crippen molar-refractivity contribution in [3.8, 4) is 0 Å². The van der Waals surface area contributed by atoms with Crippen LogP contribution in [0.3, 0.4) is 0 Å². The van der Waals surface area contributed by atoms with Crippen LogP contribution in [0, 0.1) is 0 Å². The SMILES string of the molecule is CC/C=C\C/C=C\C/C=C\C/C=C\C/C=C\CCCCCCCC(=O)NC(COP(=O)(O)OCC[N+](C)(C)C)C(/C=C\CCCCCCCCCCC)OC(=O)CCCCCCCCCCCCC. The number of allylic oxidation sites excluding steroid dienone is 11. The second-order valence-electron chi connectivity index (χ2n) is 20.1. The van der Waals surface area contributed by atoms with Crippen LogP contribution in [0.25, 0.3) is 0 Å². The number of rotatable bonds is 50.